The first-order valence-corrected chi connectivity index (χ1v) is 14.6. The number of rotatable bonds is 6. The monoisotopic (exact) mass is 642 g/mol. The molecule has 1 saturated heterocycles. The molecule has 3 aromatic rings. The number of hydrogen-bond acceptors (Lipinski definition) is 5. The van der Waals surface area contributed by atoms with E-state index in [0.717, 1.165) is 19.4 Å². The normalized spacial score (nSPS) is 23.7. The summed E-state index contributed by atoms with van der Waals surface area (Å²) < 4.78 is 48.7. The van der Waals surface area contributed by atoms with E-state index in [1.807, 2.05) is 13.0 Å². The average Bonchev–Trinajstić information content (AvgIpc) is 3.43. The first-order chi connectivity index (χ1) is 20.7. The van der Waals surface area contributed by atoms with E-state index in [1.165, 1.54) is 19.2 Å². The first kappa shape index (κ1) is 30.5. The Balaban J connectivity index is 1.57. The van der Waals surface area contributed by atoms with E-state index in [1.54, 1.807) is 36.4 Å². The van der Waals surface area contributed by atoms with Crippen LogP contribution in [0.15, 0.2) is 54.6 Å². The van der Waals surface area contributed by atoms with Gasteiger partial charge >= 0.3 is 263 Å². The van der Waals surface area contributed by atoms with Crippen molar-refractivity contribution in [1.29, 1.82) is 0 Å². The van der Waals surface area contributed by atoms with Crippen LogP contribution in [-0.2, 0) is 10.2 Å². The van der Waals surface area contributed by atoms with Gasteiger partial charge in [-0.2, -0.15) is 0 Å². The van der Waals surface area contributed by atoms with Crippen LogP contribution in [0.3, 0.4) is 0 Å². The number of nitrogens with one attached hydrogen (secondary N) is 3. The number of fused-ring (bicyclic) bond motifs is 6. The fourth-order valence-corrected chi connectivity index (χ4v) is 7.30. The summed E-state index contributed by atoms with van der Waals surface area (Å²) in [5, 5.41) is 10.5. The molecule has 44 heavy (non-hydrogen) atoms. The summed E-state index contributed by atoms with van der Waals surface area (Å²) in [6.07, 6.45) is -4.92. The van der Waals surface area contributed by atoms with Crippen molar-refractivity contribution in [3.05, 3.63) is 81.3 Å². The van der Waals surface area contributed by atoms with Crippen LogP contribution in [0, 0.1) is 5.41 Å². The van der Waals surface area contributed by atoms with Gasteiger partial charge in [0, 0.05) is 0 Å². The van der Waals surface area contributed by atoms with Gasteiger partial charge in [0.15, 0.2) is 0 Å². The number of benzene rings is 3. The molecule has 0 aromatic heterocycles. The third kappa shape index (κ3) is 4.59. The molecule has 0 aliphatic carbocycles. The minimum atomic E-state index is -4.53. The fourth-order valence-electron chi connectivity index (χ4n) is 6.89. The van der Waals surface area contributed by atoms with Crippen LogP contribution in [0.5, 0.6) is 5.75 Å². The Labute approximate surface area is 262 Å². The summed E-state index contributed by atoms with van der Waals surface area (Å²) in [4.78, 5) is 26.1. The standard InChI is InChI=1S/C31H28BCl2F3N4O3/c1-29(2,31(35,36)37)13-22-30(17-9-8-15(33)12-20(17)40-28(30)43)23-16-5-4-6-18(34)24(16)32-26(25(23)41-22)39-19-10-7-14(27(38)42)11-21(19)44-3/h4-12,22-23,25,39,41H,13H2,1-3H3,(H2,38,42)(H,40,43)/t22-,23-,25+,30+/m0/s1. The number of anilines is 2. The predicted molar refractivity (Wildman–Crippen MR) is 167 cm³/mol. The molecule has 2 amide bonds. The van der Waals surface area contributed by atoms with Crippen LogP contribution in [0.1, 0.15) is 47.7 Å². The summed E-state index contributed by atoms with van der Waals surface area (Å²) in [5.41, 5.74) is 5.53. The van der Waals surface area contributed by atoms with Gasteiger partial charge in [0.05, 0.1) is 0 Å². The second kappa shape index (κ2) is 10.5. The molecule has 3 aliphatic rings. The number of hydrogen-bond donors (Lipinski definition) is 4. The molecular formula is C31H28BCl2F3N4O3. The molecule has 3 aromatic carbocycles. The van der Waals surface area contributed by atoms with Crippen molar-refractivity contribution in [1.82, 2.24) is 5.32 Å². The molecule has 5 N–H and O–H groups in total. The van der Waals surface area contributed by atoms with Gasteiger partial charge in [-0.05, 0) is 0 Å². The zero-order valence-corrected chi connectivity index (χ0v) is 25.4. The molecule has 3 heterocycles. The van der Waals surface area contributed by atoms with Crippen LogP contribution < -0.4 is 31.9 Å². The Morgan fingerprint density at radius 1 is 1.14 bits per heavy atom. The first-order valence-electron chi connectivity index (χ1n) is 13.9. The number of carbonyl (C=O) groups is 2. The molecule has 1 spiro atoms. The second-order valence-corrected chi connectivity index (χ2v) is 12.9. The van der Waals surface area contributed by atoms with Crippen molar-refractivity contribution < 1.29 is 27.5 Å². The molecule has 0 radical (unpaired) electrons. The van der Waals surface area contributed by atoms with Crippen molar-refractivity contribution in [3.63, 3.8) is 0 Å². The van der Waals surface area contributed by atoms with E-state index in [9.17, 15) is 22.8 Å². The number of halogens is 5. The summed E-state index contributed by atoms with van der Waals surface area (Å²) in [6.45, 7) is 4.11. The van der Waals surface area contributed by atoms with Gasteiger partial charge in [-0.15, -0.1) is 0 Å². The van der Waals surface area contributed by atoms with Gasteiger partial charge < -0.3 is 0 Å². The molecule has 7 nitrogen and oxygen atoms in total. The molecule has 0 unspecified atom stereocenters. The molecule has 4 atom stereocenters. The van der Waals surface area contributed by atoms with Crippen LogP contribution in [-0.4, -0.2) is 49.7 Å². The van der Waals surface area contributed by atoms with Gasteiger partial charge in [-0.25, -0.2) is 0 Å². The Kier molecular flexibility index (Phi) is 7.30. The summed E-state index contributed by atoms with van der Waals surface area (Å²) in [7, 11) is 1.44. The van der Waals surface area contributed by atoms with E-state index >= 15 is 0 Å². The molecule has 13 heteroatoms. The Morgan fingerprint density at radius 3 is 2.57 bits per heavy atom. The quantitative estimate of drug-likeness (QED) is 0.284. The number of methoxy groups -OCH3 is 1. The van der Waals surface area contributed by atoms with E-state index in [0.29, 0.717) is 43.8 Å². The van der Waals surface area contributed by atoms with Crippen molar-refractivity contribution in [2.24, 2.45) is 11.1 Å². The second-order valence-electron chi connectivity index (χ2n) is 12.0. The molecule has 6 rings (SSSR count). The van der Waals surface area contributed by atoms with Crippen molar-refractivity contribution in [2.75, 3.05) is 17.7 Å². The zero-order valence-electron chi connectivity index (χ0n) is 23.9. The van der Waals surface area contributed by atoms with E-state index in [-0.39, 0.29) is 5.56 Å². The van der Waals surface area contributed by atoms with Crippen LogP contribution in [0.2, 0.25) is 10.0 Å². The fraction of sp³-hybridized carbons (Fsp3) is 0.323. The number of ether oxygens (including phenoxy) is 1. The van der Waals surface area contributed by atoms with Crippen molar-refractivity contribution >= 4 is 64.4 Å². The molecule has 1 fully saturated rings. The SMILES string of the molecule is COc1cc(C(N)=O)ccc1NC1=Bc2c(Cl)cccc2[C@H]2[C@H]1N[C@@H](CC(C)(C)C(F)(F)F)[C@@]21C(=O)Nc2cc(Cl)ccc21. The molecule has 228 valence electrons. The molecule has 3 aliphatic heterocycles. The van der Waals surface area contributed by atoms with Gasteiger partial charge in [-0.3, -0.25) is 0 Å². The average molecular weight is 643 g/mol. The number of nitrogens with two attached hydrogens (primary N) is 1. The van der Waals surface area contributed by atoms with Crippen LogP contribution in [0.4, 0.5) is 24.5 Å². The number of amides is 2. The zero-order chi connectivity index (χ0) is 31.8. The number of carbonyl (C=O) groups excluding carboxylic acids is 2. The summed E-state index contributed by atoms with van der Waals surface area (Å²) in [6, 6.07) is 13.4. The number of alkyl halides is 3. The Bertz CT molecular complexity index is 1750. The molecular weight excluding hydrogens is 615 g/mol. The van der Waals surface area contributed by atoms with E-state index < -0.39 is 53.2 Å². The molecule has 0 saturated carbocycles. The van der Waals surface area contributed by atoms with Crippen molar-refractivity contribution in [3.8, 4) is 5.75 Å². The Hall–Kier alpha value is -3.54. The minimum absolute atomic E-state index is 0.238. The van der Waals surface area contributed by atoms with Gasteiger partial charge in [0.1, 0.15) is 0 Å². The van der Waals surface area contributed by atoms with Gasteiger partial charge in [0.25, 0.3) is 0 Å². The predicted octanol–water partition coefficient (Wildman–Crippen LogP) is 4.98. The Morgan fingerprint density at radius 2 is 1.89 bits per heavy atom. The third-order valence-corrected chi connectivity index (χ3v) is 9.67. The van der Waals surface area contributed by atoms with Crippen LogP contribution in [0.25, 0.3) is 0 Å². The third-order valence-electron chi connectivity index (χ3n) is 9.11. The van der Waals surface area contributed by atoms with E-state index in [4.69, 9.17) is 33.7 Å². The molecule has 0 bridgehead atoms. The summed E-state index contributed by atoms with van der Waals surface area (Å²) >= 11 is 13.0. The van der Waals surface area contributed by atoms with Crippen molar-refractivity contribution in [2.45, 2.75) is 49.9 Å². The maximum absolute atomic E-state index is 14.4. The maximum atomic E-state index is 14.4. The van der Waals surface area contributed by atoms with E-state index in [2.05, 4.69) is 16.0 Å². The topological polar surface area (TPSA) is 105 Å². The van der Waals surface area contributed by atoms with Gasteiger partial charge in [0.2, 0.25) is 0 Å². The van der Waals surface area contributed by atoms with Gasteiger partial charge in [-0.1, -0.05) is 0 Å². The summed E-state index contributed by atoms with van der Waals surface area (Å²) in [5.74, 6) is -1.40. The number of primary amides is 1. The van der Waals surface area contributed by atoms with Crippen LogP contribution >= 0.6 is 23.2 Å².